The van der Waals surface area contributed by atoms with Crippen molar-refractivity contribution in [2.75, 3.05) is 18.8 Å². The molecule has 2 heterocycles. The van der Waals surface area contributed by atoms with Gasteiger partial charge in [0.1, 0.15) is 0 Å². The van der Waals surface area contributed by atoms with E-state index in [4.69, 9.17) is 5.73 Å². The van der Waals surface area contributed by atoms with E-state index in [0.717, 1.165) is 18.8 Å². The van der Waals surface area contributed by atoms with E-state index in [1.807, 2.05) is 30.6 Å². The average Bonchev–Trinajstić information content (AvgIpc) is 2.49. The fourth-order valence-corrected chi connectivity index (χ4v) is 2.99. The number of nitrogens with two attached hydrogens (primary N) is 1. The lowest BCUT2D eigenvalue weighted by atomic mass is 9.90. The molecular weight excluding hydrogens is 246 g/mol. The molecule has 0 aliphatic carbocycles. The van der Waals surface area contributed by atoms with Crippen LogP contribution in [-0.4, -0.2) is 23.0 Å². The van der Waals surface area contributed by atoms with Gasteiger partial charge in [0.05, 0.1) is 0 Å². The lowest BCUT2D eigenvalue weighted by molar-refractivity contribution is 0.200. The molecule has 0 saturated carbocycles. The first-order valence-electron chi connectivity index (χ1n) is 7.28. The largest absolute Gasteiger partial charge is 0.399 e. The number of benzene rings is 1. The summed E-state index contributed by atoms with van der Waals surface area (Å²) in [6.45, 7) is 3.30. The Bertz CT molecular complexity index is 536. The summed E-state index contributed by atoms with van der Waals surface area (Å²) in [5.41, 5.74) is 9.32. The minimum atomic E-state index is 0.626. The standard InChI is InChI=1S/C17H21N3/c18-17-7-5-15(6-8-17)16-4-2-10-20(13-16)12-14-3-1-9-19-11-14/h1,3,5-9,11,16H,2,4,10,12-13,18H2. The molecular formula is C17H21N3. The van der Waals surface area contributed by atoms with Crippen molar-refractivity contribution in [3.63, 3.8) is 0 Å². The topological polar surface area (TPSA) is 42.1 Å². The van der Waals surface area contributed by atoms with E-state index in [2.05, 4.69) is 28.1 Å². The lowest BCUT2D eigenvalue weighted by Gasteiger charge is -2.33. The maximum absolute atomic E-state index is 5.77. The highest BCUT2D eigenvalue weighted by molar-refractivity contribution is 5.40. The van der Waals surface area contributed by atoms with Gasteiger partial charge < -0.3 is 5.73 Å². The summed E-state index contributed by atoms with van der Waals surface area (Å²) in [6, 6.07) is 12.5. The van der Waals surface area contributed by atoms with Gasteiger partial charge >= 0.3 is 0 Å². The fourth-order valence-electron chi connectivity index (χ4n) is 2.99. The molecule has 104 valence electrons. The van der Waals surface area contributed by atoms with Crippen LogP contribution in [0.15, 0.2) is 48.8 Å². The normalized spacial score (nSPS) is 19.9. The number of rotatable bonds is 3. The number of anilines is 1. The van der Waals surface area contributed by atoms with Crippen LogP contribution in [0.5, 0.6) is 0 Å². The van der Waals surface area contributed by atoms with Crippen molar-refractivity contribution in [3.05, 3.63) is 59.9 Å². The first-order chi connectivity index (χ1) is 9.81. The number of nitrogen functional groups attached to an aromatic ring is 1. The second-order valence-electron chi connectivity index (χ2n) is 5.60. The number of piperidine rings is 1. The van der Waals surface area contributed by atoms with E-state index < -0.39 is 0 Å². The van der Waals surface area contributed by atoms with Crippen LogP contribution in [0.4, 0.5) is 5.69 Å². The van der Waals surface area contributed by atoms with E-state index >= 15 is 0 Å². The molecule has 1 fully saturated rings. The van der Waals surface area contributed by atoms with E-state index in [1.165, 1.54) is 30.5 Å². The molecule has 1 aromatic carbocycles. The summed E-state index contributed by atoms with van der Waals surface area (Å²) < 4.78 is 0. The number of hydrogen-bond acceptors (Lipinski definition) is 3. The summed E-state index contributed by atoms with van der Waals surface area (Å²) in [5.74, 6) is 0.626. The maximum Gasteiger partial charge on any atom is 0.0314 e. The average molecular weight is 267 g/mol. The Labute approximate surface area is 120 Å². The molecule has 3 nitrogen and oxygen atoms in total. The van der Waals surface area contributed by atoms with Crippen LogP contribution in [0.3, 0.4) is 0 Å². The quantitative estimate of drug-likeness (QED) is 0.869. The minimum Gasteiger partial charge on any atom is -0.399 e. The summed E-state index contributed by atoms with van der Waals surface area (Å²) in [4.78, 5) is 6.73. The predicted octanol–water partition coefficient (Wildman–Crippen LogP) is 3.04. The third-order valence-electron chi connectivity index (χ3n) is 4.04. The Kier molecular flexibility index (Phi) is 3.97. The molecule has 1 aliphatic heterocycles. The molecule has 20 heavy (non-hydrogen) atoms. The molecule has 1 saturated heterocycles. The van der Waals surface area contributed by atoms with E-state index in [-0.39, 0.29) is 0 Å². The van der Waals surface area contributed by atoms with Gasteiger partial charge in [-0.1, -0.05) is 18.2 Å². The van der Waals surface area contributed by atoms with Crippen molar-refractivity contribution in [2.45, 2.75) is 25.3 Å². The van der Waals surface area contributed by atoms with Crippen LogP contribution in [0, 0.1) is 0 Å². The number of hydrogen-bond donors (Lipinski definition) is 1. The maximum atomic E-state index is 5.77. The number of pyridine rings is 1. The molecule has 0 radical (unpaired) electrons. The number of aromatic nitrogens is 1. The Morgan fingerprint density at radius 2 is 2.05 bits per heavy atom. The third kappa shape index (κ3) is 3.17. The minimum absolute atomic E-state index is 0.626. The van der Waals surface area contributed by atoms with Crippen molar-refractivity contribution in [3.8, 4) is 0 Å². The van der Waals surface area contributed by atoms with Crippen LogP contribution < -0.4 is 5.73 Å². The zero-order valence-electron chi connectivity index (χ0n) is 11.7. The molecule has 1 aromatic heterocycles. The summed E-state index contributed by atoms with van der Waals surface area (Å²) >= 11 is 0. The van der Waals surface area contributed by atoms with Gasteiger partial charge in [-0.3, -0.25) is 9.88 Å². The van der Waals surface area contributed by atoms with Crippen molar-refractivity contribution < 1.29 is 0 Å². The first-order valence-corrected chi connectivity index (χ1v) is 7.28. The number of nitrogens with zero attached hydrogens (tertiary/aromatic N) is 2. The van der Waals surface area contributed by atoms with Crippen molar-refractivity contribution in [1.29, 1.82) is 0 Å². The second kappa shape index (κ2) is 6.06. The summed E-state index contributed by atoms with van der Waals surface area (Å²) in [5, 5.41) is 0. The van der Waals surface area contributed by atoms with Gasteiger partial charge in [0.15, 0.2) is 0 Å². The zero-order chi connectivity index (χ0) is 13.8. The highest BCUT2D eigenvalue weighted by Gasteiger charge is 2.21. The van der Waals surface area contributed by atoms with Gasteiger partial charge in [-0.25, -0.2) is 0 Å². The molecule has 0 bridgehead atoms. The summed E-state index contributed by atoms with van der Waals surface area (Å²) in [7, 11) is 0. The fraction of sp³-hybridized carbons (Fsp3) is 0.353. The molecule has 3 heteroatoms. The Morgan fingerprint density at radius 1 is 1.20 bits per heavy atom. The van der Waals surface area contributed by atoms with Gasteiger partial charge in [-0.15, -0.1) is 0 Å². The van der Waals surface area contributed by atoms with Crippen LogP contribution in [0.1, 0.15) is 29.9 Å². The van der Waals surface area contributed by atoms with Gasteiger partial charge in [0, 0.05) is 31.2 Å². The molecule has 3 rings (SSSR count). The highest BCUT2D eigenvalue weighted by Crippen LogP contribution is 2.28. The Hall–Kier alpha value is -1.87. The molecule has 1 aliphatic rings. The molecule has 0 spiro atoms. The molecule has 1 atom stereocenters. The summed E-state index contributed by atoms with van der Waals surface area (Å²) in [6.07, 6.45) is 6.33. The first kappa shape index (κ1) is 13.1. The highest BCUT2D eigenvalue weighted by atomic mass is 15.1. The lowest BCUT2D eigenvalue weighted by Crippen LogP contribution is -2.33. The van der Waals surface area contributed by atoms with Crippen molar-refractivity contribution in [1.82, 2.24) is 9.88 Å². The van der Waals surface area contributed by atoms with E-state index in [0.29, 0.717) is 5.92 Å². The molecule has 1 unspecified atom stereocenters. The van der Waals surface area contributed by atoms with Crippen molar-refractivity contribution >= 4 is 5.69 Å². The van der Waals surface area contributed by atoms with E-state index in [1.54, 1.807) is 0 Å². The number of likely N-dealkylation sites (tertiary alicyclic amines) is 1. The SMILES string of the molecule is Nc1ccc(C2CCCN(Cc3cccnc3)C2)cc1. The third-order valence-corrected chi connectivity index (χ3v) is 4.04. The second-order valence-corrected chi connectivity index (χ2v) is 5.60. The van der Waals surface area contributed by atoms with Gasteiger partial charge in [-0.05, 0) is 54.6 Å². The van der Waals surface area contributed by atoms with Gasteiger partial charge in [0.25, 0.3) is 0 Å². The molecule has 0 amide bonds. The Balaban J connectivity index is 1.66. The molecule has 2 aromatic rings. The van der Waals surface area contributed by atoms with Crippen LogP contribution in [0.25, 0.3) is 0 Å². The van der Waals surface area contributed by atoms with Crippen LogP contribution in [0.2, 0.25) is 0 Å². The monoisotopic (exact) mass is 267 g/mol. The van der Waals surface area contributed by atoms with Gasteiger partial charge in [0.2, 0.25) is 0 Å². The van der Waals surface area contributed by atoms with Gasteiger partial charge in [-0.2, -0.15) is 0 Å². The smallest absolute Gasteiger partial charge is 0.0314 e. The molecule has 2 N–H and O–H groups in total. The van der Waals surface area contributed by atoms with E-state index in [9.17, 15) is 0 Å². The predicted molar refractivity (Wildman–Crippen MR) is 82.3 cm³/mol. The van der Waals surface area contributed by atoms with Crippen molar-refractivity contribution in [2.24, 2.45) is 0 Å². The van der Waals surface area contributed by atoms with Crippen LogP contribution in [-0.2, 0) is 6.54 Å². The Morgan fingerprint density at radius 3 is 2.80 bits per heavy atom. The zero-order valence-corrected chi connectivity index (χ0v) is 11.7. The van der Waals surface area contributed by atoms with Crippen LogP contribution >= 0.6 is 0 Å².